The van der Waals surface area contributed by atoms with Gasteiger partial charge in [0.1, 0.15) is 5.82 Å². The largest absolute Gasteiger partial charge is 0.381 e. The summed E-state index contributed by atoms with van der Waals surface area (Å²) in [6.45, 7) is 7.05. The lowest BCUT2D eigenvalue weighted by atomic mass is 9.85. The van der Waals surface area contributed by atoms with Crippen molar-refractivity contribution in [3.05, 3.63) is 35.6 Å². The maximum absolute atomic E-state index is 13.9. The van der Waals surface area contributed by atoms with Gasteiger partial charge >= 0.3 is 0 Å². The topological polar surface area (TPSA) is 21.3 Å². The summed E-state index contributed by atoms with van der Waals surface area (Å²) in [6, 6.07) is 7.65. The monoisotopic (exact) mass is 293 g/mol. The van der Waals surface area contributed by atoms with Crippen LogP contribution in [0.15, 0.2) is 24.3 Å². The molecule has 0 aliphatic carbocycles. The number of ether oxygens (including phenoxy) is 1. The van der Waals surface area contributed by atoms with Crippen LogP contribution in [0.2, 0.25) is 0 Å². The van der Waals surface area contributed by atoms with E-state index in [1.165, 1.54) is 0 Å². The van der Waals surface area contributed by atoms with Gasteiger partial charge in [-0.25, -0.2) is 4.39 Å². The summed E-state index contributed by atoms with van der Waals surface area (Å²) in [5.74, 6) is 1.15. The van der Waals surface area contributed by atoms with Crippen LogP contribution in [0.3, 0.4) is 0 Å². The van der Waals surface area contributed by atoms with Gasteiger partial charge in [-0.15, -0.1) is 0 Å². The summed E-state index contributed by atoms with van der Waals surface area (Å²) in [6.07, 6.45) is 4.28. The molecule has 118 valence electrons. The van der Waals surface area contributed by atoms with Crippen LogP contribution in [0.25, 0.3) is 0 Å². The minimum Gasteiger partial charge on any atom is -0.381 e. The molecule has 0 spiro atoms. The first-order chi connectivity index (χ1) is 10.1. The lowest BCUT2D eigenvalue weighted by molar-refractivity contribution is 0.0583. The highest BCUT2D eigenvalue weighted by molar-refractivity contribution is 5.17. The maximum atomic E-state index is 13.9. The second-order valence-electron chi connectivity index (χ2n) is 6.52. The molecule has 1 aliphatic heterocycles. The average molecular weight is 293 g/mol. The van der Waals surface area contributed by atoms with E-state index < -0.39 is 0 Å². The van der Waals surface area contributed by atoms with Crippen LogP contribution in [-0.4, -0.2) is 25.8 Å². The molecule has 3 heteroatoms. The summed E-state index contributed by atoms with van der Waals surface area (Å²) in [4.78, 5) is 0. The van der Waals surface area contributed by atoms with E-state index in [-0.39, 0.29) is 5.82 Å². The second kappa shape index (κ2) is 8.50. The summed E-state index contributed by atoms with van der Waals surface area (Å²) in [5, 5.41) is 3.52. The first-order valence-electron chi connectivity index (χ1n) is 8.19. The van der Waals surface area contributed by atoms with Crippen molar-refractivity contribution < 1.29 is 9.13 Å². The molecule has 0 saturated carbocycles. The minimum atomic E-state index is -0.0703. The molecule has 1 unspecified atom stereocenters. The summed E-state index contributed by atoms with van der Waals surface area (Å²) in [7, 11) is 0. The third-order valence-electron chi connectivity index (χ3n) is 4.29. The Kier molecular flexibility index (Phi) is 6.65. The zero-order chi connectivity index (χ0) is 15.1. The Balaban J connectivity index is 1.95. The molecule has 0 aromatic heterocycles. The van der Waals surface area contributed by atoms with Crippen molar-refractivity contribution in [1.29, 1.82) is 0 Å². The van der Waals surface area contributed by atoms with E-state index in [9.17, 15) is 4.39 Å². The average Bonchev–Trinajstić information content (AvgIpc) is 2.48. The highest BCUT2D eigenvalue weighted by Crippen LogP contribution is 2.25. The Labute approximate surface area is 128 Å². The molecule has 1 aromatic carbocycles. The molecular formula is C18H28FNO. The normalized spacial score (nSPS) is 18.1. The lowest BCUT2D eigenvalue weighted by Gasteiger charge is -2.27. The van der Waals surface area contributed by atoms with Crippen LogP contribution in [0, 0.1) is 17.7 Å². The Bertz CT molecular complexity index is 415. The summed E-state index contributed by atoms with van der Waals surface area (Å²) >= 11 is 0. The van der Waals surface area contributed by atoms with E-state index in [1.54, 1.807) is 12.1 Å². The quantitative estimate of drug-likeness (QED) is 0.825. The molecular weight excluding hydrogens is 265 g/mol. The van der Waals surface area contributed by atoms with Crippen molar-refractivity contribution in [2.75, 3.05) is 19.8 Å². The highest BCUT2D eigenvalue weighted by atomic mass is 19.1. The Hall–Kier alpha value is -0.930. The van der Waals surface area contributed by atoms with Crippen molar-refractivity contribution in [3.63, 3.8) is 0 Å². The SMILES string of the molecule is CC(C)NCC(Cc1ccccc1F)CC1CCOCC1. The van der Waals surface area contributed by atoms with Gasteiger partial charge in [0.25, 0.3) is 0 Å². The van der Waals surface area contributed by atoms with Crippen LogP contribution in [0.4, 0.5) is 4.39 Å². The highest BCUT2D eigenvalue weighted by Gasteiger charge is 2.20. The van der Waals surface area contributed by atoms with Gasteiger partial charge in [-0.1, -0.05) is 32.0 Å². The number of nitrogens with one attached hydrogen (secondary N) is 1. The molecule has 21 heavy (non-hydrogen) atoms. The Morgan fingerprint density at radius 3 is 2.62 bits per heavy atom. The minimum absolute atomic E-state index is 0.0703. The summed E-state index contributed by atoms with van der Waals surface area (Å²) in [5.41, 5.74) is 0.847. The van der Waals surface area contributed by atoms with Gasteiger partial charge in [-0.2, -0.15) is 0 Å². The first kappa shape index (κ1) is 16.4. The predicted molar refractivity (Wildman–Crippen MR) is 84.9 cm³/mol. The molecule has 1 aliphatic rings. The van der Waals surface area contributed by atoms with Gasteiger partial charge < -0.3 is 10.1 Å². The van der Waals surface area contributed by atoms with Crippen LogP contribution >= 0.6 is 0 Å². The number of hydrogen-bond donors (Lipinski definition) is 1. The molecule has 1 N–H and O–H groups in total. The lowest BCUT2D eigenvalue weighted by Crippen LogP contribution is -2.32. The van der Waals surface area contributed by atoms with Crippen LogP contribution < -0.4 is 5.32 Å². The van der Waals surface area contributed by atoms with Crippen molar-refractivity contribution in [1.82, 2.24) is 5.32 Å². The van der Waals surface area contributed by atoms with E-state index in [2.05, 4.69) is 19.2 Å². The van der Waals surface area contributed by atoms with E-state index in [0.29, 0.717) is 12.0 Å². The van der Waals surface area contributed by atoms with Crippen molar-refractivity contribution >= 4 is 0 Å². The molecule has 1 aromatic rings. The van der Waals surface area contributed by atoms with Gasteiger partial charge in [0.2, 0.25) is 0 Å². The van der Waals surface area contributed by atoms with Gasteiger partial charge in [0.05, 0.1) is 0 Å². The van der Waals surface area contributed by atoms with E-state index in [4.69, 9.17) is 4.74 Å². The zero-order valence-electron chi connectivity index (χ0n) is 13.3. The van der Waals surface area contributed by atoms with Gasteiger partial charge in [0.15, 0.2) is 0 Å². The zero-order valence-corrected chi connectivity index (χ0v) is 13.3. The molecule has 1 atom stereocenters. The third kappa shape index (κ3) is 5.76. The standard InChI is InChI=1S/C18H28FNO/c1-14(2)20-13-16(11-15-7-9-21-10-8-15)12-17-5-3-4-6-18(17)19/h3-6,14-16,20H,7-13H2,1-2H3. The van der Waals surface area contributed by atoms with E-state index in [1.807, 2.05) is 12.1 Å². The molecule has 2 nitrogen and oxygen atoms in total. The smallest absolute Gasteiger partial charge is 0.126 e. The van der Waals surface area contributed by atoms with E-state index in [0.717, 1.165) is 56.9 Å². The van der Waals surface area contributed by atoms with Crippen molar-refractivity contribution in [2.24, 2.45) is 11.8 Å². The van der Waals surface area contributed by atoms with Crippen LogP contribution in [0.5, 0.6) is 0 Å². The fourth-order valence-electron chi connectivity index (χ4n) is 3.07. The number of benzene rings is 1. The van der Waals surface area contributed by atoms with Gasteiger partial charge in [-0.3, -0.25) is 0 Å². The summed E-state index contributed by atoms with van der Waals surface area (Å²) < 4.78 is 19.3. The molecule has 0 radical (unpaired) electrons. The number of rotatable bonds is 7. The second-order valence-corrected chi connectivity index (χ2v) is 6.52. The van der Waals surface area contributed by atoms with Gasteiger partial charge in [-0.05, 0) is 55.7 Å². The first-order valence-corrected chi connectivity index (χ1v) is 8.19. The molecule has 2 rings (SSSR count). The van der Waals surface area contributed by atoms with Crippen molar-refractivity contribution in [3.8, 4) is 0 Å². The number of halogens is 1. The maximum Gasteiger partial charge on any atom is 0.126 e. The van der Waals surface area contributed by atoms with Crippen LogP contribution in [0.1, 0.15) is 38.7 Å². The van der Waals surface area contributed by atoms with Gasteiger partial charge in [0, 0.05) is 19.3 Å². The fourth-order valence-corrected chi connectivity index (χ4v) is 3.07. The molecule has 1 fully saturated rings. The molecule has 0 amide bonds. The molecule has 1 heterocycles. The third-order valence-corrected chi connectivity index (χ3v) is 4.29. The molecule has 1 saturated heterocycles. The fraction of sp³-hybridized carbons (Fsp3) is 0.667. The Morgan fingerprint density at radius 2 is 1.95 bits per heavy atom. The van der Waals surface area contributed by atoms with Crippen molar-refractivity contribution in [2.45, 2.75) is 45.6 Å². The van der Waals surface area contributed by atoms with Crippen LogP contribution in [-0.2, 0) is 11.2 Å². The Morgan fingerprint density at radius 1 is 1.24 bits per heavy atom. The molecule has 0 bridgehead atoms. The predicted octanol–water partition coefficient (Wildman–Crippen LogP) is 3.80. The van der Waals surface area contributed by atoms with E-state index >= 15 is 0 Å². The number of hydrogen-bond acceptors (Lipinski definition) is 2.